The first-order chi connectivity index (χ1) is 14.4. The maximum absolute atomic E-state index is 13.9. The van der Waals surface area contributed by atoms with Gasteiger partial charge < -0.3 is 9.47 Å². The van der Waals surface area contributed by atoms with Gasteiger partial charge in [0.1, 0.15) is 5.75 Å². The Kier molecular flexibility index (Phi) is 5.13. The van der Waals surface area contributed by atoms with E-state index in [2.05, 4.69) is 15.1 Å². The number of fused-ring (bicyclic) bond motifs is 1. The largest absolute Gasteiger partial charge is 0.497 e. The second-order valence-corrected chi connectivity index (χ2v) is 6.48. The Morgan fingerprint density at radius 1 is 1.03 bits per heavy atom. The van der Waals surface area contributed by atoms with E-state index in [9.17, 15) is 13.2 Å². The zero-order chi connectivity index (χ0) is 21.3. The van der Waals surface area contributed by atoms with Gasteiger partial charge in [0.2, 0.25) is 0 Å². The molecule has 1 aromatic carbocycles. The van der Waals surface area contributed by atoms with Crippen molar-refractivity contribution in [1.29, 1.82) is 0 Å². The molecule has 3 aromatic heterocycles. The van der Waals surface area contributed by atoms with Crippen LogP contribution in [0.25, 0.3) is 28.0 Å². The van der Waals surface area contributed by atoms with Crippen LogP contribution in [0.2, 0.25) is 0 Å². The molecular weight excluding hydrogens is 397 g/mol. The first-order valence-corrected chi connectivity index (χ1v) is 8.96. The topological polar surface area (TPSA) is 61.5 Å². The fourth-order valence-electron chi connectivity index (χ4n) is 3.22. The number of hydrogen-bond donors (Lipinski definition) is 0. The smallest absolute Gasteiger partial charge is 0.433 e. The Bertz CT molecular complexity index is 1170. The molecule has 4 rings (SSSR count). The molecule has 0 aliphatic carbocycles. The third-order valence-electron chi connectivity index (χ3n) is 4.57. The first-order valence-electron chi connectivity index (χ1n) is 8.96. The van der Waals surface area contributed by atoms with Crippen molar-refractivity contribution in [3.63, 3.8) is 0 Å². The van der Waals surface area contributed by atoms with E-state index in [-0.39, 0.29) is 17.9 Å². The summed E-state index contributed by atoms with van der Waals surface area (Å²) in [5, 5.41) is 4.18. The van der Waals surface area contributed by atoms with Crippen molar-refractivity contribution in [2.45, 2.75) is 12.8 Å². The fraction of sp³-hybridized carbons (Fsp3) is 0.190. The van der Waals surface area contributed by atoms with Crippen LogP contribution in [0, 0.1) is 0 Å². The second-order valence-electron chi connectivity index (χ2n) is 6.48. The van der Waals surface area contributed by atoms with E-state index in [0.29, 0.717) is 28.1 Å². The Balaban J connectivity index is 2.04. The number of benzene rings is 1. The Morgan fingerprint density at radius 3 is 2.40 bits per heavy atom. The van der Waals surface area contributed by atoms with Gasteiger partial charge in [0.25, 0.3) is 0 Å². The number of alkyl halides is 3. The summed E-state index contributed by atoms with van der Waals surface area (Å²) in [6.45, 7) is 0.0320. The van der Waals surface area contributed by atoms with Crippen LogP contribution < -0.4 is 4.74 Å². The summed E-state index contributed by atoms with van der Waals surface area (Å²) in [6, 6.07) is 11.2. The summed E-state index contributed by atoms with van der Waals surface area (Å²) in [6.07, 6.45) is -1.62. The van der Waals surface area contributed by atoms with Crippen molar-refractivity contribution >= 4 is 5.65 Å². The van der Waals surface area contributed by atoms with E-state index < -0.39 is 11.9 Å². The van der Waals surface area contributed by atoms with Crippen molar-refractivity contribution in [3.05, 3.63) is 66.2 Å². The zero-order valence-corrected chi connectivity index (χ0v) is 16.1. The Hall–Kier alpha value is -3.46. The van der Waals surface area contributed by atoms with Gasteiger partial charge in [-0.2, -0.15) is 18.3 Å². The van der Waals surface area contributed by atoms with E-state index in [1.807, 2.05) is 0 Å². The Labute approximate surface area is 169 Å². The minimum atomic E-state index is -4.63. The molecule has 0 bridgehead atoms. The van der Waals surface area contributed by atoms with Crippen LogP contribution in [0.4, 0.5) is 13.2 Å². The van der Waals surface area contributed by atoms with Gasteiger partial charge in [0.15, 0.2) is 11.3 Å². The number of methoxy groups -OCH3 is 2. The third-order valence-corrected chi connectivity index (χ3v) is 4.57. The SMILES string of the molecule is COCc1nn2c(C(F)(F)F)cc(-c3cccnc3)nc2c1-c1ccc(OC)cc1. The molecule has 30 heavy (non-hydrogen) atoms. The van der Waals surface area contributed by atoms with E-state index in [1.165, 1.54) is 20.4 Å². The molecule has 0 fully saturated rings. The van der Waals surface area contributed by atoms with E-state index >= 15 is 0 Å². The highest BCUT2D eigenvalue weighted by molar-refractivity contribution is 5.81. The second kappa shape index (κ2) is 7.75. The molecule has 3 heterocycles. The van der Waals surface area contributed by atoms with Crippen LogP contribution in [-0.2, 0) is 17.5 Å². The van der Waals surface area contributed by atoms with Gasteiger partial charge >= 0.3 is 6.18 Å². The van der Waals surface area contributed by atoms with Gasteiger partial charge in [0, 0.05) is 25.1 Å². The molecule has 0 saturated heterocycles. The molecule has 0 atom stereocenters. The molecule has 0 saturated carbocycles. The lowest BCUT2D eigenvalue weighted by Gasteiger charge is -2.11. The molecule has 4 aromatic rings. The van der Waals surface area contributed by atoms with Crippen LogP contribution >= 0.6 is 0 Å². The summed E-state index contributed by atoms with van der Waals surface area (Å²) in [5.41, 5.74) is 1.26. The Morgan fingerprint density at radius 2 is 1.80 bits per heavy atom. The maximum atomic E-state index is 13.9. The summed E-state index contributed by atoms with van der Waals surface area (Å²) in [4.78, 5) is 8.50. The highest BCUT2D eigenvalue weighted by atomic mass is 19.4. The molecule has 6 nitrogen and oxygen atoms in total. The van der Waals surface area contributed by atoms with Crippen molar-refractivity contribution in [2.24, 2.45) is 0 Å². The third kappa shape index (κ3) is 3.59. The lowest BCUT2D eigenvalue weighted by molar-refractivity contribution is -0.142. The van der Waals surface area contributed by atoms with Crippen LogP contribution in [0.15, 0.2) is 54.9 Å². The van der Waals surface area contributed by atoms with Crippen LogP contribution in [0.1, 0.15) is 11.4 Å². The standard InChI is InChI=1S/C21H17F3N4O2/c1-29-12-17-19(13-5-7-15(30-2)8-6-13)20-26-16(14-4-3-9-25-11-14)10-18(21(22,23)24)28(20)27-17/h3-11H,12H2,1-2H3. The quantitative estimate of drug-likeness (QED) is 0.476. The molecule has 154 valence electrons. The van der Waals surface area contributed by atoms with Crippen molar-refractivity contribution < 1.29 is 22.6 Å². The number of halogens is 3. The average molecular weight is 414 g/mol. The number of ether oxygens (including phenoxy) is 2. The molecule has 0 aliphatic rings. The van der Waals surface area contributed by atoms with Crippen molar-refractivity contribution in [3.8, 4) is 28.1 Å². The maximum Gasteiger partial charge on any atom is 0.433 e. The number of aromatic nitrogens is 4. The fourth-order valence-corrected chi connectivity index (χ4v) is 3.22. The minimum absolute atomic E-state index is 0.0320. The molecule has 0 aliphatic heterocycles. The van der Waals surface area contributed by atoms with Crippen molar-refractivity contribution in [1.82, 2.24) is 19.6 Å². The lowest BCUT2D eigenvalue weighted by atomic mass is 10.1. The highest BCUT2D eigenvalue weighted by Crippen LogP contribution is 2.36. The molecule has 0 N–H and O–H groups in total. The molecule has 0 spiro atoms. The van der Waals surface area contributed by atoms with Gasteiger partial charge in [-0.15, -0.1) is 0 Å². The molecule has 0 radical (unpaired) electrons. The lowest BCUT2D eigenvalue weighted by Crippen LogP contribution is -2.14. The van der Waals surface area contributed by atoms with Crippen LogP contribution in [0.3, 0.4) is 0 Å². The number of nitrogens with zero attached hydrogens (tertiary/aromatic N) is 4. The zero-order valence-electron chi connectivity index (χ0n) is 16.1. The number of hydrogen-bond acceptors (Lipinski definition) is 5. The van der Waals surface area contributed by atoms with Crippen LogP contribution in [0.5, 0.6) is 5.75 Å². The number of pyridine rings is 1. The van der Waals surface area contributed by atoms with E-state index in [0.717, 1.165) is 10.6 Å². The predicted molar refractivity (Wildman–Crippen MR) is 104 cm³/mol. The van der Waals surface area contributed by atoms with E-state index in [1.54, 1.807) is 42.6 Å². The molecule has 9 heteroatoms. The van der Waals surface area contributed by atoms with Gasteiger partial charge in [-0.1, -0.05) is 12.1 Å². The molecule has 0 amide bonds. The van der Waals surface area contributed by atoms with E-state index in [4.69, 9.17) is 9.47 Å². The monoisotopic (exact) mass is 414 g/mol. The number of rotatable bonds is 5. The van der Waals surface area contributed by atoms with Crippen molar-refractivity contribution in [2.75, 3.05) is 14.2 Å². The highest BCUT2D eigenvalue weighted by Gasteiger charge is 2.36. The molecule has 0 unspecified atom stereocenters. The van der Waals surface area contributed by atoms with Gasteiger partial charge in [-0.3, -0.25) is 4.98 Å². The first kappa shape index (κ1) is 19.8. The predicted octanol–water partition coefficient (Wildman–Crippen LogP) is 4.63. The van der Waals surface area contributed by atoms with Gasteiger partial charge in [-0.25, -0.2) is 9.50 Å². The molecular formula is C21H17F3N4O2. The summed E-state index contributed by atoms with van der Waals surface area (Å²) in [7, 11) is 3.00. The summed E-state index contributed by atoms with van der Waals surface area (Å²) < 4.78 is 52.9. The van der Waals surface area contributed by atoms with Gasteiger partial charge in [0.05, 0.1) is 30.7 Å². The van der Waals surface area contributed by atoms with Crippen LogP contribution in [-0.4, -0.2) is 33.8 Å². The summed E-state index contributed by atoms with van der Waals surface area (Å²) in [5.74, 6) is 0.628. The van der Waals surface area contributed by atoms with Gasteiger partial charge in [-0.05, 0) is 35.9 Å². The summed E-state index contributed by atoms with van der Waals surface area (Å²) >= 11 is 0. The normalized spacial score (nSPS) is 11.8. The average Bonchev–Trinajstić information content (AvgIpc) is 3.11. The minimum Gasteiger partial charge on any atom is -0.497 e.